The molecule has 1 heterocycles. The molecule has 0 radical (unpaired) electrons. The van der Waals surface area contributed by atoms with Crippen LogP contribution in [-0.2, 0) is 4.79 Å². The van der Waals surface area contributed by atoms with Gasteiger partial charge in [0, 0.05) is 23.0 Å². The van der Waals surface area contributed by atoms with Crippen molar-refractivity contribution in [2.75, 3.05) is 18.6 Å². The number of carboxylic acids is 1. The largest absolute Gasteiger partial charge is 0.496 e. The number of hydrogen-bond acceptors (Lipinski definition) is 4. The summed E-state index contributed by atoms with van der Waals surface area (Å²) in [5, 5.41) is 11.0. The minimum atomic E-state index is -0.864. The van der Waals surface area contributed by atoms with E-state index in [1.54, 1.807) is 13.3 Å². The molecule has 0 aliphatic rings. The number of ether oxygens (including phenoxy) is 1. The van der Waals surface area contributed by atoms with Crippen LogP contribution in [0.5, 0.6) is 5.75 Å². The third kappa shape index (κ3) is 3.07. The number of aromatic nitrogens is 1. The maximum atomic E-state index is 11.2. The van der Waals surface area contributed by atoms with Crippen LogP contribution in [0.25, 0.3) is 10.8 Å². The Kier molecular flexibility index (Phi) is 4.62. The Morgan fingerprint density at radius 2 is 2.14 bits per heavy atom. The number of carbonyl (C=O) groups is 1. The third-order valence-electron chi connectivity index (χ3n) is 3.67. The molecule has 0 bridgehead atoms. The van der Waals surface area contributed by atoms with Crippen molar-refractivity contribution in [1.29, 1.82) is 0 Å². The van der Waals surface area contributed by atoms with Crippen LogP contribution in [-0.4, -0.2) is 35.8 Å². The molecule has 0 amide bonds. The van der Waals surface area contributed by atoms with Gasteiger partial charge >= 0.3 is 5.97 Å². The van der Waals surface area contributed by atoms with Crippen molar-refractivity contribution >= 4 is 22.6 Å². The maximum absolute atomic E-state index is 11.2. The highest BCUT2D eigenvalue weighted by molar-refractivity contribution is 5.97. The number of aliphatic carboxylic acids is 1. The Bertz CT molecular complexity index is 642. The highest BCUT2D eigenvalue weighted by atomic mass is 16.5. The van der Waals surface area contributed by atoms with Gasteiger partial charge in [-0.2, -0.15) is 0 Å². The van der Waals surface area contributed by atoms with E-state index >= 15 is 0 Å². The van der Waals surface area contributed by atoms with E-state index in [0.29, 0.717) is 5.82 Å². The molecule has 0 spiro atoms. The van der Waals surface area contributed by atoms with Crippen LogP contribution < -0.4 is 9.64 Å². The third-order valence-corrected chi connectivity index (χ3v) is 3.67. The first kappa shape index (κ1) is 15.1. The number of nitrogens with zero attached hydrogens (tertiary/aromatic N) is 2. The fourth-order valence-electron chi connectivity index (χ4n) is 2.38. The molecule has 112 valence electrons. The number of anilines is 1. The number of carboxylic acid groups (broad SMARTS) is 1. The molecule has 2 rings (SSSR count). The summed E-state index contributed by atoms with van der Waals surface area (Å²) >= 11 is 0. The summed E-state index contributed by atoms with van der Waals surface area (Å²) in [6.45, 7) is 3.97. The van der Waals surface area contributed by atoms with Crippen molar-refractivity contribution in [3.05, 3.63) is 30.5 Å². The van der Waals surface area contributed by atoms with Crippen molar-refractivity contribution in [3.8, 4) is 5.75 Å². The summed E-state index contributed by atoms with van der Waals surface area (Å²) < 4.78 is 5.37. The van der Waals surface area contributed by atoms with Crippen molar-refractivity contribution in [3.63, 3.8) is 0 Å². The zero-order valence-electron chi connectivity index (χ0n) is 12.5. The first-order valence-corrected chi connectivity index (χ1v) is 6.98. The molecule has 0 saturated heterocycles. The second kappa shape index (κ2) is 6.43. The highest BCUT2D eigenvalue weighted by Crippen LogP contribution is 2.31. The van der Waals surface area contributed by atoms with E-state index in [1.807, 2.05) is 43.0 Å². The lowest BCUT2D eigenvalue weighted by molar-refractivity contribution is -0.135. The van der Waals surface area contributed by atoms with Crippen LogP contribution in [0.3, 0.4) is 0 Å². The summed E-state index contributed by atoms with van der Waals surface area (Å²) in [7, 11) is 1.62. The first-order chi connectivity index (χ1) is 10.1. The lowest BCUT2D eigenvalue weighted by Gasteiger charge is -2.29. The summed E-state index contributed by atoms with van der Waals surface area (Å²) in [4.78, 5) is 17.4. The van der Waals surface area contributed by atoms with Crippen LogP contribution in [0, 0.1) is 0 Å². The zero-order valence-corrected chi connectivity index (χ0v) is 12.5. The molecule has 1 aromatic heterocycles. The van der Waals surface area contributed by atoms with Crippen LogP contribution in [0.4, 0.5) is 5.82 Å². The van der Waals surface area contributed by atoms with Gasteiger partial charge in [-0.05, 0) is 25.5 Å². The molecule has 1 N–H and O–H groups in total. The number of rotatable bonds is 6. The minimum absolute atomic E-state index is 0.0711. The summed E-state index contributed by atoms with van der Waals surface area (Å²) in [6, 6.07) is 7.69. The SMILES string of the molecule is CCC(C)N(CC(=O)O)c1nccc2c(OC)cccc12. The molecule has 21 heavy (non-hydrogen) atoms. The summed E-state index contributed by atoms with van der Waals surface area (Å²) in [6.07, 6.45) is 2.53. The van der Waals surface area contributed by atoms with Gasteiger partial charge in [0.1, 0.15) is 18.1 Å². The lowest BCUT2D eigenvalue weighted by atomic mass is 10.1. The van der Waals surface area contributed by atoms with Crippen molar-refractivity contribution in [1.82, 2.24) is 4.98 Å². The van der Waals surface area contributed by atoms with Crippen LogP contribution >= 0.6 is 0 Å². The molecule has 1 unspecified atom stereocenters. The Hall–Kier alpha value is -2.30. The Labute approximate surface area is 124 Å². The fraction of sp³-hybridized carbons (Fsp3) is 0.375. The van der Waals surface area contributed by atoms with Gasteiger partial charge in [-0.3, -0.25) is 4.79 Å². The first-order valence-electron chi connectivity index (χ1n) is 6.98. The quantitative estimate of drug-likeness (QED) is 0.885. The maximum Gasteiger partial charge on any atom is 0.323 e. The molecule has 1 aromatic carbocycles. The van der Waals surface area contributed by atoms with Crippen molar-refractivity contribution < 1.29 is 14.6 Å². The Morgan fingerprint density at radius 1 is 1.38 bits per heavy atom. The molecule has 5 heteroatoms. The predicted octanol–water partition coefficient (Wildman–Crippen LogP) is 2.93. The molecule has 0 aliphatic heterocycles. The zero-order chi connectivity index (χ0) is 15.4. The number of fused-ring (bicyclic) bond motifs is 1. The van der Waals surface area contributed by atoms with Crippen LogP contribution in [0.15, 0.2) is 30.5 Å². The Morgan fingerprint density at radius 3 is 2.76 bits per heavy atom. The number of hydrogen-bond donors (Lipinski definition) is 1. The van der Waals surface area contributed by atoms with E-state index in [2.05, 4.69) is 4.98 Å². The van der Waals surface area contributed by atoms with Gasteiger partial charge in [0.15, 0.2) is 0 Å². The van der Waals surface area contributed by atoms with Gasteiger partial charge in [0.25, 0.3) is 0 Å². The van der Waals surface area contributed by atoms with Crippen LogP contribution in [0.1, 0.15) is 20.3 Å². The van der Waals surface area contributed by atoms with E-state index in [1.165, 1.54) is 0 Å². The topological polar surface area (TPSA) is 62.7 Å². The number of pyridine rings is 1. The van der Waals surface area contributed by atoms with E-state index in [9.17, 15) is 4.79 Å². The summed E-state index contributed by atoms with van der Waals surface area (Å²) in [5.74, 6) is 0.579. The lowest BCUT2D eigenvalue weighted by Crippen LogP contribution is -2.37. The van der Waals surface area contributed by atoms with E-state index < -0.39 is 5.97 Å². The second-order valence-electron chi connectivity index (χ2n) is 4.97. The smallest absolute Gasteiger partial charge is 0.323 e. The van der Waals surface area contributed by atoms with E-state index in [0.717, 1.165) is 22.9 Å². The number of methoxy groups -OCH3 is 1. The predicted molar refractivity (Wildman–Crippen MR) is 83.0 cm³/mol. The van der Waals surface area contributed by atoms with Crippen LogP contribution in [0.2, 0.25) is 0 Å². The fourth-order valence-corrected chi connectivity index (χ4v) is 2.38. The Balaban J connectivity index is 2.59. The van der Waals surface area contributed by atoms with Crippen molar-refractivity contribution in [2.45, 2.75) is 26.3 Å². The van der Waals surface area contributed by atoms with E-state index in [-0.39, 0.29) is 12.6 Å². The van der Waals surface area contributed by atoms with Gasteiger partial charge in [0.2, 0.25) is 0 Å². The van der Waals surface area contributed by atoms with Gasteiger partial charge in [-0.25, -0.2) is 4.98 Å². The van der Waals surface area contributed by atoms with Gasteiger partial charge in [-0.15, -0.1) is 0 Å². The standard InChI is InChI=1S/C16H20N2O3/c1-4-11(2)18(10-15(19)20)16-13-6-5-7-14(21-3)12(13)8-9-17-16/h5-9,11H,4,10H2,1-3H3,(H,19,20). The summed E-state index contributed by atoms with van der Waals surface area (Å²) in [5.41, 5.74) is 0. The monoisotopic (exact) mass is 288 g/mol. The van der Waals surface area contributed by atoms with Gasteiger partial charge in [0.05, 0.1) is 7.11 Å². The average molecular weight is 288 g/mol. The molecule has 5 nitrogen and oxygen atoms in total. The number of benzene rings is 1. The van der Waals surface area contributed by atoms with Crippen molar-refractivity contribution in [2.24, 2.45) is 0 Å². The molecular formula is C16H20N2O3. The molecule has 0 aliphatic carbocycles. The van der Waals surface area contributed by atoms with Gasteiger partial charge in [-0.1, -0.05) is 19.1 Å². The van der Waals surface area contributed by atoms with Gasteiger partial charge < -0.3 is 14.7 Å². The highest BCUT2D eigenvalue weighted by Gasteiger charge is 2.20. The second-order valence-corrected chi connectivity index (χ2v) is 4.97. The minimum Gasteiger partial charge on any atom is -0.496 e. The molecular weight excluding hydrogens is 268 g/mol. The average Bonchev–Trinajstić information content (AvgIpc) is 2.50. The van der Waals surface area contributed by atoms with E-state index in [4.69, 9.17) is 9.84 Å². The molecule has 1 atom stereocenters. The molecule has 0 saturated carbocycles. The molecule has 2 aromatic rings. The normalized spacial score (nSPS) is 12.1. The molecule has 0 fully saturated rings.